The Morgan fingerprint density at radius 3 is 2.67 bits per heavy atom. The molecule has 8 unspecified atom stereocenters. The van der Waals surface area contributed by atoms with Crippen molar-refractivity contribution >= 4 is 28.8 Å². The summed E-state index contributed by atoms with van der Waals surface area (Å²) in [4.78, 5) is 50.2. The second kappa shape index (κ2) is 10.1. The molecule has 8 atom stereocenters. The van der Waals surface area contributed by atoms with Crippen LogP contribution in [0.25, 0.3) is 10.9 Å². The number of carbonyl (C=O) groups excluding carboxylic acids is 3. The molecule has 0 aromatic carbocycles. The number of ether oxygens (including phenoxy) is 1. The second-order valence-corrected chi connectivity index (χ2v) is 11.9. The minimum absolute atomic E-state index is 0.0260. The van der Waals surface area contributed by atoms with Gasteiger partial charge in [0.15, 0.2) is 0 Å². The maximum atomic E-state index is 15.0. The fraction of sp³-hybridized carbons (Fsp3) is 0.571. The Morgan fingerprint density at radius 1 is 1.21 bits per heavy atom. The van der Waals surface area contributed by atoms with Gasteiger partial charge in [0, 0.05) is 36.1 Å². The van der Waals surface area contributed by atoms with E-state index in [-0.39, 0.29) is 23.7 Å². The molecule has 10 nitrogen and oxygen atoms in total. The van der Waals surface area contributed by atoms with Crippen LogP contribution in [-0.4, -0.2) is 64.7 Å². The van der Waals surface area contributed by atoms with E-state index < -0.39 is 47.6 Å². The van der Waals surface area contributed by atoms with Crippen molar-refractivity contribution in [3.8, 4) is 6.07 Å². The first-order valence-electron chi connectivity index (χ1n) is 13.2. The van der Waals surface area contributed by atoms with Crippen molar-refractivity contribution in [1.82, 2.24) is 25.5 Å². The lowest BCUT2D eigenvalue weighted by Crippen LogP contribution is -2.59. The van der Waals surface area contributed by atoms with E-state index in [1.165, 1.54) is 18.2 Å². The monoisotopic (exact) mass is 536 g/mol. The van der Waals surface area contributed by atoms with E-state index >= 15 is 0 Å². The average Bonchev–Trinajstić information content (AvgIpc) is 3.59. The van der Waals surface area contributed by atoms with Crippen LogP contribution >= 0.6 is 0 Å². The van der Waals surface area contributed by atoms with Crippen molar-refractivity contribution in [3.63, 3.8) is 0 Å². The molecule has 2 aliphatic carbocycles. The van der Waals surface area contributed by atoms with Crippen molar-refractivity contribution in [3.05, 3.63) is 36.3 Å². The van der Waals surface area contributed by atoms with Gasteiger partial charge in [-0.2, -0.15) is 5.26 Å². The first kappa shape index (κ1) is 26.8. The lowest BCUT2D eigenvalue weighted by Gasteiger charge is -2.37. The van der Waals surface area contributed by atoms with Gasteiger partial charge in [-0.1, -0.05) is 20.8 Å². The maximum absolute atomic E-state index is 15.0. The molecule has 2 saturated carbocycles. The van der Waals surface area contributed by atoms with Gasteiger partial charge in [0.2, 0.25) is 11.8 Å². The number of hydrogen-bond donors (Lipinski definition) is 2. The Kier molecular flexibility index (Phi) is 6.91. The molecule has 2 bridgehead atoms. The van der Waals surface area contributed by atoms with E-state index in [0.717, 1.165) is 5.39 Å². The fourth-order valence-corrected chi connectivity index (χ4v) is 6.90. The Morgan fingerprint density at radius 2 is 1.97 bits per heavy atom. The molecule has 3 heterocycles. The molecule has 2 aromatic heterocycles. The van der Waals surface area contributed by atoms with Gasteiger partial charge in [0.05, 0.1) is 18.7 Å². The van der Waals surface area contributed by atoms with Gasteiger partial charge >= 0.3 is 6.09 Å². The van der Waals surface area contributed by atoms with Crippen LogP contribution in [0.5, 0.6) is 0 Å². The van der Waals surface area contributed by atoms with Gasteiger partial charge < -0.3 is 20.3 Å². The van der Waals surface area contributed by atoms with E-state index in [4.69, 9.17) is 4.74 Å². The van der Waals surface area contributed by atoms with Crippen LogP contribution in [-0.2, 0) is 14.3 Å². The van der Waals surface area contributed by atoms with Crippen molar-refractivity contribution in [2.45, 2.75) is 57.9 Å². The predicted molar refractivity (Wildman–Crippen MR) is 138 cm³/mol. The van der Waals surface area contributed by atoms with Gasteiger partial charge in [-0.25, -0.2) is 9.18 Å². The molecule has 2 aromatic rings. The molecular weight excluding hydrogens is 503 g/mol. The van der Waals surface area contributed by atoms with E-state index in [1.807, 2.05) is 26.8 Å². The highest BCUT2D eigenvalue weighted by atomic mass is 19.1. The summed E-state index contributed by atoms with van der Waals surface area (Å²) in [6, 6.07) is 2.67. The van der Waals surface area contributed by atoms with Gasteiger partial charge in [0.25, 0.3) is 0 Å². The van der Waals surface area contributed by atoms with Gasteiger partial charge in [-0.3, -0.25) is 19.6 Å². The number of fused-ring (bicyclic) bond motifs is 6. The van der Waals surface area contributed by atoms with Gasteiger partial charge in [-0.05, 0) is 54.1 Å². The van der Waals surface area contributed by atoms with Gasteiger partial charge in [-0.15, -0.1) is 0 Å². The molecule has 1 saturated heterocycles. The molecule has 1 aliphatic heterocycles. The quantitative estimate of drug-likeness (QED) is 0.599. The number of nitrogens with one attached hydrogen (secondary N) is 2. The number of alkyl halides is 1. The summed E-state index contributed by atoms with van der Waals surface area (Å²) in [5, 5.41) is 16.2. The summed E-state index contributed by atoms with van der Waals surface area (Å²) in [5.74, 6) is -1.61. The number of nitriles is 1. The molecule has 206 valence electrons. The van der Waals surface area contributed by atoms with Crippen LogP contribution in [0.2, 0.25) is 0 Å². The third kappa shape index (κ3) is 4.66. The maximum Gasteiger partial charge on any atom is 0.407 e. The van der Waals surface area contributed by atoms with E-state index in [9.17, 15) is 24.0 Å². The molecule has 2 N–H and O–H groups in total. The third-order valence-electron chi connectivity index (χ3n) is 8.65. The Hall–Kier alpha value is -3.81. The topological polar surface area (TPSA) is 137 Å². The number of nitrogens with zero attached hydrogens (tertiary/aromatic N) is 4. The number of pyridine rings is 2. The first-order valence-corrected chi connectivity index (χ1v) is 13.2. The number of rotatable bonds is 5. The highest BCUT2D eigenvalue weighted by molar-refractivity contribution is 5.93. The standard InChI is InChI=1S/C28H33FN6O4/c1-28(2,3)24(34-27(38)39-4)26(37)35-13-18-15-8-16(19(29)9-15)21(18)23(35)25(36)33-20(10-30)17-12-31-11-14-6-5-7-32-22(14)17/h5-7,11-12,15-16,18-21,23-24H,8-9,13H2,1-4H3,(H,33,36)(H,34,38). The minimum Gasteiger partial charge on any atom is -0.453 e. The number of likely N-dealkylation sites (tertiary alicyclic amines) is 1. The summed E-state index contributed by atoms with van der Waals surface area (Å²) in [7, 11) is 1.22. The normalized spacial score (nSPS) is 28.9. The number of amides is 3. The van der Waals surface area contributed by atoms with Crippen molar-refractivity contribution in [2.75, 3.05) is 13.7 Å². The predicted octanol–water partition coefficient (Wildman–Crippen LogP) is 2.90. The average molecular weight is 537 g/mol. The lowest BCUT2D eigenvalue weighted by atomic mass is 9.77. The van der Waals surface area contributed by atoms with E-state index in [1.54, 1.807) is 18.5 Å². The van der Waals surface area contributed by atoms with Crippen LogP contribution in [0, 0.1) is 40.4 Å². The summed E-state index contributed by atoms with van der Waals surface area (Å²) in [6.07, 6.45) is 4.04. The number of halogens is 1. The zero-order valence-electron chi connectivity index (χ0n) is 22.4. The second-order valence-electron chi connectivity index (χ2n) is 11.9. The number of alkyl carbamates (subject to hydrolysis) is 1. The zero-order chi connectivity index (χ0) is 28.1. The Bertz CT molecular complexity index is 1330. The molecule has 11 heteroatoms. The summed E-state index contributed by atoms with van der Waals surface area (Å²) in [6.45, 7) is 5.72. The Labute approximate surface area is 226 Å². The van der Waals surface area contributed by atoms with Crippen molar-refractivity contribution in [2.24, 2.45) is 29.1 Å². The van der Waals surface area contributed by atoms with E-state index in [2.05, 4.69) is 26.7 Å². The van der Waals surface area contributed by atoms with Crippen LogP contribution < -0.4 is 10.6 Å². The highest BCUT2D eigenvalue weighted by Gasteiger charge is 2.63. The third-order valence-corrected chi connectivity index (χ3v) is 8.65. The highest BCUT2D eigenvalue weighted by Crippen LogP contribution is 2.58. The van der Waals surface area contributed by atoms with Crippen LogP contribution in [0.3, 0.4) is 0 Å². The smallest absolute Gasteiger partial charge is 0.407 e. The number of methoxy groups -OCH3 is 1. The molecule has 3 fully saturated rings. The summed E-state index contributed by atoms with van der Waals surface area (Å²) >= 11 is 0. The lowest BCUT2D eigenvalue weighted by molar-refractivity contribution is -0.143. The van der Waals surface area contributed by atoms with Crippen LogP contribution in [0.15, 0.2) is 30.7 Å². The molecular formula is C28H33FN6O4. The fourth-order valence-electron chi connectivity index (χ4n) is 6.90. The summed E-state index contributed by atoms with van der Waals surface area (Å²) in [5.41, 5.74) is 0.282. The van der Waals surface area contributed by atoms with E-state index in [0.29, 0.717) is 30.5 Å². The molecule has 3 aliphatic rings. The van der Waals surface area contributed by atoms with Gasteiger partial charge in [0.1, 0.15) is 24.3 Å². The summed E-state index contributed by atoms with van der Waals surface area (Å²) < 4.78 is 19.7. The zero-order valence-corrected chi connectivity index (χ0v) is 22.4. The molecule has 3 amide bonds. The number of aromatic nitrogens is 2. The van der Waals surface area contributed by atoms with Crippen molar-refractivity contribution in [1.29, 1.82) is 5.26 Å². The van der Waals surface area contributed by atoms with Crippen molar-refractivity contribution < 1.29 is 23.5 Å². The Balaban J connectivity index is 1.48. The van der Waals surface area contributed by atoms with Crippen LogP contribution in [0.4, 0.5) is 9.18 Å². The first-order chi connectivity index (χ1) is 18.5. The number of carbonyl (C=O) groups is 3. The minimum atomic E-state index is -1.08. The SMILES string of the molecule is COC(=O)NC(C(=O)N1CC2C3CC(F)C(C3)C2C1C(=O)NC(C#N)c1cncc2cccnc12)C(C)(C)C. The van der Waals surface area contributed by atoms with Crippen LogP contribution in [0.1, 0.15) is 45.2 Å². The largest absolute Gasteiger partial charge is 0.453 e. The number of hydrogen-bond acceptors (Lipinski definition) is 7. The molecule has 0 radical (unpaired) electrons. The molecule has 39 heavy (non-hydrogen) atoms. The molecule has 0 spiro atoms. The molecule has 5 rings (SSSR count).